The lowest BCUT2D eigenvalue weighted by Gasteiger charge is -2.10. The van der Waals surface area contributed by atoms with E-state index in [1.807, 2.05) is 18.2 Å². The highest BCUT2D eigenvalue weighted by Crippen LogP contribution is 2.20. The number of hydrogen-bond donors (Lipinski definition) is 1. The standard InChI is InChI=1S/C19H17ClFN3O2/c1-26-17-7-6-13(10-16(17)21)11-19(25)23-18-8-9-22-24(18)12-14-4-2-3-5-15(14)20/h2-10H,11-12H2,1H3,(H,23,25). The van der Waals surface area contributed by atoms with E-state index in [4.69, 9.17) is 16.3 Å². The molecule has 26 heavy (non-hydrogen) atoms. The Hall–Kier alpha value is -2.86. The van der Waals surface area contributed by atoms with Gasteiger partial charge in [0.05, 0.1) is 26.3 Å². The molecular formula is C19H17ClFN3O2. The van der Waals surface area contributed by atoms with Crippen LogP contribution in [0.15, 0.2) is 54.7 Å². The zero-order valence-electron chi connectivity index (χ0n) is 14.1. The predicted molar refractivity (Wildman–Crippen MR) is 98.1 cm³/mol. The average molecular weight is 374 g/mol. The van der Waals surface area contributed by atoms with Crippen molar-refractivity contribution in [1.82, 2.24) is 9.78 Å². The molecule has 1 N–H and O–H groups in total. The number of carbonyl (C=O) groups excluding carboxylic acids is 1. The molecule has 0 fully saturated rings. The number of rotatable bonds is 6. The van der Waals surface area contributed by atoms with E-state index in [0.29, 0.717) is 22.9 Å². The van der Waals surface area contributed by atoms with Gasteiger partial charge in [-0.2, -0.15) is 5.10 Å². The van der Waals surface area contributed by atoms with Gasteiger partial charge in [0.15, 0.2) is 11.6 Å². The first-order chi connectivity index (χ1) is 12.6. The topological polar surface area (TPSA) is 56.1 Å². The Morgan fingerprint density at radius 3 is 2.81 bits per heavy atom. The number of nitrogens with zero attached hydrogens (tertiary/aromatic N) is 2. The predicted octanol–water partition coefficient (Wildman–Crippen LogP) is 3.91. The van der Waals surface area contributed by atoms with Gasteiger partial charge in [0, 0.05) is 11.1 Å². The number of aromatic nitrogens is 2. The number of nitrogens with one attached hydrogen (secondary N) is 1. The molecule has 3 rings (SSSR count). The van der Waals surface area contributed by atoms with Crippen LogP contribution in [0.5, 0.6) is 5.75 Å². The maximum Gasteiger partial charge on any atom is 0.229 e. The van der Waals surface area contributed by atoms with Gasteiger partial charge in [-0.15, -0.1) is 0 Å². The van der Waals surface area contributed by atoms with Crippen molar-refractivity contribution in [2.45, 2.75) is 13.0 Å². The summed E-state index contributed by atoms with van der Waals surface area (Å²) in [6.07, 6.45) is 1.64. The molecule has 0 saturated carbocycles. The van der Waals surface area contributed by atoms with Gasteiger partial charge in [-0.1, -0.05) is 35.9 Å². The number of ether oxygens (including phenoxy) is 1. The van der Waals surface area contributed by atoms with E-state index in [9.17, 15) is 9.18 Å². The normalized spacial score (nSPS) is 10.6. The Kier molecular flexibility index (Phi) is 5.53. The highest BCUT2D eigenvalue weighted by atomic mass is 35.5. The van der Waals surface area contributed by atoms with Crippen molar-refractivity contribution in [2.24, 2.45) is 0 Å². The van der Waals surface area contributed by atoms with Crippen molar-refractivity contribution >= 4 is 23.3 Å². The number of benzene rings is 2. The first-order valence-corrected chi connectivity index (χ1v) is 8.32. The van der Waals surface area contributed by atoms with Crippen LogP contribution < -0.4 is 10.1 Å². The number of methoxy groups -OCH3 is 1. The molecule has 0 unspecified atom stereocenters. The highest BCUT2D eigenvalue weighted by Gasteiger charge is 2.11. The molecule has 0 spiro atoms. The molecule has 1 aromatic heterocycles. The first-order valence-electron chi connectivity index (χ1n) is 7.94. The van der Waals surface area contributed by atoms with Crippen molar-refractivity contribution in [2.75, 3.05) is 12.4 Å². The number of halogens is 2. The highest BCUT2D eigenvalue weighted by molar-refractivity contribution is 6.31. The SMILES string of the molecule is COc1ccc(CC(=O)Nc2ccnn2Cc2ccccc2Cl)cc1F. The van der Waals surface area contributed by atoms with Crippen molar-refractivity contribution in [1.29, 1.82) is 0 Å². The molecule has 0 saturated heterocycles. The van der Waals surface area contributed by atoms with Gasteiger partial charge in [0.1, 0.15) is 5.82 Å². The van der Waals surface area contributed by atoms with E-state index in [1.165, 1.54) is 19.2 Å². The fourth-order valence-corrected chi connectivity index (χ4v) is 2.74. The van der Waals surface area contributed by atoms with Crippen LogP contribution in [0.1, 0.15) is 11.1 Å². The molecule has 0 atom stereocenters. The number of anilines is 1. The van der Waals surface area contributed by atoms with E-state index in [-0.39, 0.29) is 18.1 Å². The van der Waals surface area contributed by atoms with Crippen molar-refractivity contribution < 1.29 is 13.9 Å². The summed E-state index contributed by atoms with van der Waals surface area (Å²) in [5.74, 6) is -0.0760. The monoisotopic (exact) mass is 373 g/mol. The van der Waals surface area contributed by atoms with E-state index in [2.05, 4.69) is 10.4 Å². The Morgan fingerprint density at radius 2 is 2.08 bits per heavy atom. The molecule has 0 radical (unpaired) electrons. The Morgan fingerprint density at radius 1 is 1.27 bits per heavy atom. The summed E-state index contributed by atoms with van der Waals surface area (Å²) >= 11 is 6.17. The minimum Gasteiger partial charge on any atom is -0.494 e. The number of amides is 1. The molecule has 134 valence electrons. The van der Waals surface area contributed by atoms with Crippen LogP contribution in [0.25, 0.3) is 0 Å². The lowest BCUT2D eigenvalue weighted by Crippen LogP contribution is -2.18. The molecular weight excluding hydrogens is 357 g/mol. The zero-order chi connectivity index (χ0) is 18.5. The molecule has 7 heteroatoms. The van der Waals surface area contributed by atoms with Crippen LogP contribution in [0.4, 0.5) is 10.2 Å². The second kappa shape index (κ2) is 8.01. The van der Waals surface area contributed by atoms with Gasteiger partial charge in [0.2, 0.25) is 5.91 Å². The van der Waals surface area contributed by atoms with Crippen molar-refractivity contribution in [3.05, 3.63) is 76.7 Å². The second-order valence-corrected chi connectivity index (χ2v) is 6.07. The van der Waals surface area contributed by atoms with Crippen LogP contribution in [0.3, 0.4) is 0 Å². The van der Waals surface area contributed by atoms with Crippen LogP contribution in [0.2, 0.25) is 5.02 Å². The van der Waals surface area contributed by atoms with Crippen molar-refractivity contribution in [3.63, 3.8) is 0 Å². The molecule has 1 amide bonds. The molecule has 0 aliphatic heterocycles. The van der Waals surface area contributed by atoms with Crippen LogP contribution in [-0.2, 0) is 17.8 Å². The quantitative estimate of drug-likeness (QED) is 0.712. The van der Waals surface area contributed by atoms with Gasteiger partial charge in [-0.3, -0.25) is 4.79 Å². The summed E-state index contributed by atoms with van der Waals surface area (Å²) in [6.45, 7) is 0.430. The first kappa shape index (κ1) is 17.9. The summed E-state index contributed by atoms with van der Waals surface area (Å²) in [7, 11) is 1.39. The van der Waals surface area contributed by atoms with E-state index in [0.717, 1.165) is 5.56 Å². The largest absolute Gasteiger partial charge is 0.494 e. The Labute approximate surface area is 155 Å². The summed E-state index contributed by atoms with van der Waals surface area (Å²) in [6, 6.07) is 13.6. The van der Waals surface area contributed by atoms with E-state index < -0.39 is 5.82 Å². The third kappa shape index (κ3) is 4.21. The fourth-order valence-electron chi connectivity index (χ4n) is 2.55. The third-order valence-corrected chi connectivity index (χ3v) is 4.21. The zero-order valence-corrected chi connectivity index (χ0v) is 14.8. The summed E-state index contributed by atoms with van der Waals surface area (Å²) in [5, 5.41) is 7.64. The Bertz CT molecular complexity index is 927. The molecule has 0 bridgehead atoms. The number of carbonyl (C=O) groups is 1. The molecule has 2 aromatic carbocycles. The van der Waals surface area contributed by atoms with Gasteiger partial charge in [0.25, 0.3) is 0 Å². The summed E-state index contributed by atoms with van der Waals surface area (Å²) in [4.78, 5) is 12.3. The average Bonchev–Trinajstić information content (AvgIpc) is 3.04. The van der Waals surface area contributed by atoms with Gasteiger partial charge >= 0.3 is 0 Å². The van der Waals surface area contributed by atoms with Gasteiger partial charge in [-0.25, -0.2) is 9.07 Å². The molecule has 1 heterocycles. The molecule has 5 nitrogen and oxygen atoms in total. The fraction of sp³-hybridized carbons (Fsp3) is 0.158. The summed E-state index contributed by atoms with van der Waals surface area (Å²) < 4.78 is 20.3. The van der Waals surface area contributed by atoms with E-state index in [1.54, 1.807) is 29.1 Å². The maximum atomic E-state index is 13.7. The third-order valence-electron chi connectivity index (χ3n) is 3.84. The van der Waals surface area contributed by atoms with Gasteiger partial charge in [-0.05, 0) is 29.3 Å². The molecule has 3 aromatic rings. The second-order valence-electron chi connectivity index (χ2n) is 5.66. The smallest absolute Gasteiger partial charge is 0.229 e. The molecule has 0 aliphatic carbocycles. The number of hydrogen-bond acceptors (Lipinski definition) is 3. The lowest BCUT2D eigenvalue weighted by atomic mass is 10.1. The maximum absolute atomic E-state index is 13.7. The van der Waals surface area contributed by atoms with E-state index >= 15 is 0 Å². The van der Waals surface area contributed by atoms with Crippen molar-refractivity contribution in [3.8, 4) is 5.75 Å². The van der Waals surface area contributed by atoms with Crippen LogP contribution in [-0.4, -0.2) is 22.8 Å². The van der Waals surface area contributed by atoms with Crippen LogP contribution in [0, 0.1) is 5.82 Å². The minimum absolute atomic E-state index is 0.0399. The van der Waals surface area contributed by atoms with Gasteiger partial charge < -0.3 is 10.1 Å². The minimum atomic E-state index is -0.499. The van der Waals surface area contributed by atoms with Crippen LogP contribution >= 0.6 is 11.6 Å². The summed E-state index contributed by atoms with van der Waals surface area (Å²) in [5.41, 5.74) is 1.45. The molecule has 0 aliphatic rings. The lowest BCUT2D eigenvalue weighted by molar-refractivity contribution is -0.115. The Balaban J connectivity index is 1.68.